The molecule has 2 atom stereocenters. The highest BCUT2D eigenvalue weighted by Crippen LogP contribution is 2.66. The summed E-state index contributed by atoms with van der Waals surface area (Å²) < 4.78 is 38.2. The molecule has 0 radical (unpaired) electrons. The van der Waals surface area contributed by atoms with E-state index in [2.05, 4.69) is 5.32 Å². The highest BCUT2D eigenvalue weighted by Gasteiger charge is 2.77. The van der Waals surface area contributed by atoms with Crippen molar-refractivity contribution < 1.29 is 23.1 Å². The van der Waals surface area contributed by atoms with E-state index in [4.69, 9.17) is 5.11 Å². The van der Waals surface area contributed by atoms with Gasteiger partial charge in [-0.25, -0.2) is 0 Å². The fraction of sp³-hybridized carbons (Fsp3) is 0.875. The van der Waals surface area contributed by atoms with Gasteiger partial charge in [0.25, 0.3) is 0 Å². The second-order valence-corrected chi connectivity index (χ2v) is 4.07. The lowest BCUT2D eigenvalue weighted by Gasteiger charge is -2.52. The second kappa shape index (κ2) is 2.42. The van der Waals surface area contributed by atoms with E-state index in [1.165, 1.54) is 0 Å². The third kappa shape index (κ3) is 0.802. The molecule has 0 aromatic heterocycles. The third-order valence-corrected chi connectivity index (χ3v) is 3.70. The van der Waals surface area contributed by atoms with Crippen LogP contribution in [0.25, 0.3) is 0 Å². The highest BCUT2D eigenvalue weighted by atomic mass is 19.4. The van der Waals surface area contributed by atoms with Gasteiger partial charge >= 0.3 is 12.1 Å². The smallest absolute Gasteiger partial charge is 0.396 e. The van der Waals surface area contributed by atoms with Crippen LogP contribution in [0.3, 0.4) is 0 Å². The number of aliphatic carboxylic acids is 1. The number of halogens is 3. The fourth-order valence-corrected chi connectivity index (χ4v) is 2.63. The van der Waals surface area contributed by atoms with Crippen LogP contribution in [0.4, 0.5) is 13.2 Å². The SMILES string of the molecule is O=C(O)C12CCC1(C(F)(F)F)CNC2. The molecular formula is C8H10F3NO2. The Morgan fingerprint density at radius 3 is 2.21 bits per heavy atom. The number of carboxylic acid groups (broad SMARTS) is 1. The maximum absolute atomic E-state index is 12.7. The Morgan fingerprint density at radius 1 is 1.29 bits per heavy atom. The largest absolute Gasteiger partial charge is 0.481 e. The maximum atomic E-state index is 12.7. The molecule has 0 aromatic carbocycles. The van der Waals surface area contributed by atoms with E-state index < -0.39 is 23.0 Å². The summed E-state index contributed by atoms with van der Waals surface area (Å²) in [5.41, 5.74) is -3.63. The first-order valence-corrected chi connectivity index (χ1v) is 4.37. The zero-order chi connectivity index (χ0) is 10.6. The van der Waals surface area contributed by atoms with Crippen molar-refractivity contribution in [2.75, 3.05) is 13.1 Å². The molecule has 0 aromatic rings. The number of rotatable bonds is 1. The summed E-state index contributed by atoms with van der Waals surface area (Å²) in [4.78, 5) is 10.9. The molecule has 0 spiro atoms. The number of hydrogen-bond acceptors (Lipinski definition) is 2. The summed E-state index contributed by atoms with van der Waals surface area (Å²) in [7, 11) is 0. The van der Waals surface area contributed by atoms with Crippen molar-refractivity contribution in [1.82, 2.24) is 5.32 Å². The Labute approximate surface area is 78.3 Å². The topological polar surface area (TPSA) is 49.3 Å². The summed E-state index contributed by atoms with van der Waals surface area (Å²) in [5, 5.41) is 11.4. The molecule has 2 fully saturated rings. The van der Waals surface area contributed by atoms with Crippen molar-refractivity contribution in [2.24, 2.45) is 10.8 Å². The Morgan fingerprint density at radius 2 is 1.93 bits per heavy atom. The lowest BCUT2D eigenvalue weighted by Crippen LogP contribution is -2.62. The average Bonchev–Trinajstić information content (AvgIpc) is 2.23. The summed E-state index contributed by atoms with van der Waals surface area (Å²) >= 11 is 0. The van der Waals surface area contributed by atoms with E-state index in [1.54, 1.807) is 0 Å². The van der Waals surface area contributed by atoms with Gasteiger partial charge in [-0.2, -0.15) is 13.2 Å². The molecule has 1 saturated heterocycles. The van der Waals surface area contributed by atoms with Gasteiger partial charge in [0.15, 0.2) is 0 Å². The number of fused-ring (bicyclic) bond motifs is 1. The van der Waals surface area contributed by atoms with Gasteiger partial charge < -0.3 is 10.4 Å². The quantitative estimate of drug-likeness (QED) is 0.677. The minimum Gasteiger partial charge on any atom is -0.481 e. The van der Waals surface area contributed by atoms with Crippen LogP contribution >= 0.6 is 0 Å². The van der Waals surface area contributed by atoms with Crippen LogP contribution in [0.1, 0.15) is 12.8 Å². The first kappa shape index (κ1) is 9.76. The van der Waals surface area contributed by atoms with Crippen molar-refractivity contribution in [3.8, 4) is 0 Å². The Kier molecular flexibility index (Phi) is 1.69. The molecule has 80 valence electrons. The maximum Gasteiger partial charge on any atom is 0.396 e. The summed E-state index contributed by atoms with van der Waals surface area (Å²) in [6.07, 6.45) is -4.38. The van der Waals surface area contributed by atoms with Gasteiger partial charge in [0.1, 0.15) is 0 Å². The minimum absolute atomic E-state index is 0.0676. The molecule has 2 rings (SSSR count). The van der Waals surface area contributed by atoms with Gasteiger partial charge in [0.2, 0.25) is 0 Å². The van der Waals surface area contributed by atoms with Gasteiger partial charge in [-0.15, -0.1) is 0 Å². The zero-order valence-electron chi connectivity index (χ0n) is 7.32. The van der Waals surface area contributed by atoms with E-state index in [9.17, 15) is 18.0 Å². The molecule has 2 N–H and O–H groups in total. The summed E-state index contributed by atoms with van der Waals surface area (Å²) in [6.45, 7) is -0.329. The molecule has 1 aliphatic carbocycles. The number of carbonyl (C=O) groups is 1. The number of carboxylic acids is 1. The van der Waals surface area contributed by atoms with E-state index in [-0.39, 0.29) is 25.9 Å². The van der Waals surface area contributed by atoms with E-state index in [0.717, 1.165) is 0 Å². The lowest BCUT2D eigenvalue weighted by molar-refractivity contribution is -0.286. The van der Waals surface area contributed by atoms with Gasteiger partial charge in [0.05, 0.1) is 10.8 Å². The number of alkyl halides is 3. The van der Waals surface area contributed by atoms with Crippen LogP contribution in [0.15, 0.2) is 0 Å². The van der Waals surface area contributed by atoms with Gasteiger partial charge in [-0.1, -0.05) is 0 Å². The van der Waals surface area contributed by atoms with E-state index in [0.29, 0.717) is 0 Å². The van der Waals surface area contributed by atoms with E-state index >= 15 is 0 Å². The normalized spacial score (nSPS) is 41.6. The monoisotopic (exact) mass is 209 g/mol. The van der Waals surface area contributed by atoms with Crippen LogP contribution in [0.5, 0.6) is 0 Å². The van der Waals surface area contributed by atoms with Crippen LogP contribution < -0.4 is 5.32 Å². The number of nitrogens with one attached hydrogen (secondary N) is 1. The molecule has 2 aliphatic rings. The Bertz CT molecular complexity index is 291. The van der Waals surface area contributed by atoms with Crippen LogP contribution in [-0.2, 0) is 4.79 Å². The fourth-order valence-electron chi connectivity index (χ4n) is 2.63. The first-order valence-electron chi connectivity index (χ1n) is 4.37. The molecule has 1 aliphatic heterocycles. The Hall–Kier alpha value is -0.780. The first-order chi connectivity index (χ1) is 6.36. The van der Waals surface area contributed by atoms with Gasteiger partial charge in [-0.05, 0) is 12.8 Å². The molecule has 0 amide bonds. The van der Waals surface area contributed by atoms with Crippen molar-refractivity contribution in [1.29, 1.82) is 0 Å². The third-order valence-electron chi connectivity index (χ3n) is 3.70. The average molecular weight is 209 g/mol. The van der Waals surface area contributed by atoms with Crippen LogP contribution in [-0.4, -0.2) is 30.3 Å². The minimum atomic E-state index is -4.42. The standard InChI is InChI=1S/C8H10F3NO2/c9-8(10,11)7-2-1-6(7,5(13)14)3-12-4-7/h12H,1-4H2,(H,13,14). The molecule has 6 heteroatoms. The van der Waals surface area contributed by atoms with Crippen molar-refractivity contribution >= 4 is 5.97 Å². The van der Waals surface area contributed by atoms with Crippen LogP contribution in [0.2, 0.25) is 0 Å². The van der Waals surface area contributed by atoms with Crippen LogP contribution in [0, 0.1) is 10.8 Å². The van der Waals surface area contributed by atoms with Crippen molar-refractivity contribution in [2.45, 2.75) is 19.0 Å². The molecule has 14 heavy (non-hydrogen) atoms. The Balaban J connectivity index is 2.41. The van der Waals surface area contributed by atoms with Gasteiger partial charge in [-0.3, -0.25) is 4.79 Å². The van der Waals surface area contributed by atoms with E-state index in [1.807, 2.05) is 0 Å². The summed E-state index contributed by atoms with van der Waals surface area (Å²) in [6, 6.07) is 0. The number of hydrogen-bond donors (Lipinski definition) is 2. The molecule has 2 unspecified atom stereocenters. The predicted molar refractivity (Wildman–Crippen MR) is 40.7 cm³/mol. The van der Waals surface area contributed by atoms with Gasteiger partial charge in [0, 0.05) is 13.1 Å². The molecule has 0 bridgehead atoms. The highest BCUT2D eigenvalue weighted by molar-refractivity contribution is 5.78. The molecule has 3 nitrogen and oxygen atoms in total. The molecule has 1 saturated carbocycles. The zero-order valence-corrected chi connectivity index (χ0v) is 7.32. The summed E-state index contributed by atoms with van der Waals surface area (Å²) in [5.74, 6) is -1.33. The molecule has 1 heterocycles. The second-order valence-electron chi connectivity index (χ2n) is 4.07. The lowest BCUT2D eigenvalue weighted by atomic mass is 9.50. The molecular weight excluding hydrogens is 199 g/mol. The van der Waals surface area contributed by atoms with Crippen molar-refractivity contribution in [3.05, 3.63) is 0 Å². The van der Waals surface area contributed by atoms with Crippen molar-refractivity contribution in [3.63, 3.8) is 0 Å². The predicted octanol–water partition coefficient (Wildman–Crippen LogP) is 1.00.